The van der Waals surface area contributed by atoms with Crippen LogP contribution in [0, 0.1) is 0 Å². The van der Waals surface area contributed by atoms with Crippen molar-refractivity contribution in [1.29, 1.82) is 0 Å². The molecule has 1 aliphatic heterocycles. The standard InChI is InChI=1S/C13H24N4O2/c1-4-17(5-2)7-6-12-15-13(19-16-12)11-8-10(18-3)9-14-11/h10-11,14H,4-9H2,1-3H3/t10-,11+/m0/s1. The molecule has 0 radical (unpaired) electrons. The Balaban J connectivity index is 1.85. The van der Waals surface area contributed by atoms with Gasteiger partial charge in [-0.15, -0.1) is 0 Å². The zero-order chi connectivity index (χ0) is 13.7. The van der Waals surface area contributed by atoms with Crippen LogP contribution in [0.4, 0.5) is 0 Å². The molecular formula is C13H24N4O2. The molecule has 1 fully saturated rings. The summed E-state index contributed by atoms with van der Waals surface area (Å²) in [4.78, 5) is 6.83. The minimum Gasteiger partial charge on any atom is -0.380 e. The summed E-state index contributed by atoms with van der Waals surface area (Å²) in [5, 5.41) is 7.40. The summed E-state index contributed by atoms with van der Waals surface area (Å²) in [6.45, 7) is 8.27. The van der Waals surface area contributed by atoms with Crippen LogP contribution < -0.4 is 5.32 Å². The highest BCUT2D eigenvalue weighted by Gasteiger charge is 2.29. The van der Waals surface area contributed by atoms with E-state index < -0.39 is 0 Å². The highest BCUT2D eigenvalue weighted by molar-refractivity contribution is 4.98. The number of aromatic nitrogens is 2. The minimum absolute atomic E-state index is 0.139. The van der Waals surface area contributed by atoms with Gasteiger partial charge in [-0.25, -0.2) is 0 Å². The topological polar surface area (TPSA) is 63.4 Å². The van der Waals surface area contributed by atoms with Crippen LogP contribution in [-0.2, 0) is 11.2 Å². The van der Waals surface area contributed by atoms with Gasteiger partial charge in [0.05, 0.1) is 12.1 Å². The molecular weight excluding hydrogens is 244 g/mol. The lowest BCUT2D eigenvalue weighted by molar-refractivity contribution is 0.116. The maximum absolute atomic E-state index is 5.34. The van der Waals surface area contributed by atoms with Crippen LogP contribution in [0.25, 0.3) is 0 Å². The van der Waals surface area contributed by atoms with E-state index in [-0.39, 0.29) is 12.1 Å². The van der Waals surface area contributed by atoms with Crippen molar-refractivity contribution >= 4 is 0 Å². The Hall–Kier alpha value is -0.980. The molecule has 108 valence electrons. The van der Waals surface area contributed by atoms with Gasteiger partial charge in [0, 0.05) is 26.6 Å². The van der Waals surface area contributed by atoms with Crippen molar-refractivity contribution in [2.75, 3.05) is 33.3 Å². The number of rotatable bonds is 7. The summed E-state index contributed by atoms with van der Waals surface area (Å²) in [6.07, 6.45) is 1.98. The summed E-state index contributed by atoms with van der Waals surface area (Å²) < 4.78 is 10.7. The molecule has 6 nitrogen and oxygen atoms in total. The van der Waals surface area contributed by atoms with E-state index in [0.717, 1.165) is 44.8 Å². The van der Waals surface area contributed by atoms with Gasteiger partial charge in [-0.1, -0.05) is 19.0 Å². The fourth-order valence-electron chi connectivity index (χ4n) is 2.38. The summed E-state index contributed by atoms with van der Waals surface area (Å²) in [5.74, 6) is 1.48. The first-order valence-corrected chi connectivity index (χ1v) is 7.07. The number of methoxy groups -OCH3 is 1. The van der Waals surface area contributed by atoms with Crippen molar-refractivity contribution in [3.63, 3.8) is 0 Å². The first kappa shape index (κ1) is 14.4. The van der Waals surface area contributed by atoms with E-state index >= 15 is 0 Å². The van der Waals surface area contributed by atoms with E-state index in [1.54, 1.807) is 7.11 Å². The van der Waals surface area contributed by atoms with E-state index in [4.69, 9.17) is 9.26 Å². The van der Waals surface area contributed by atoms with Gasteiger partial charge in [0.25, 0.3) is 0 Å². The smallest absolute Gasteiger partial charge is 0.243 e. The van der Waals surface area contributed by atoms with Gasteiger partial charge in [0.1, 0.15) is 0 Å². The molecule has 2 atom stereocenters. The number of hydrogen-bond acceptors (Lipinski definition) is 6. The minimum atomic E-state index is 0.139. The third-order valence-corrected chi connectivity index (χ3v) is 3.75. The average molecular weight is 268 g/mol. The van der Waals surface area contributed by atoms with Crippen LogP contribution in [0.15, 0.2) is 4.52 Å². The largest absolute Gasteiger partial charge is 0.380 e. The van der Waals surface area contributed by atoms with E-state index in [1.165, 1.54) is 0 Å². The lowest BCUT2D eigenvalue weighted by atomic mass is 10.2. The molecule has 6 heteroatoms. The maximum atomic E-state index is 5.34. The highest BCUT2D eigenvalue weighted by Crippen LogP contribution is 2.23. The van der Waals surface area contributed by atoms with Crippen LogP contribution in [0.5, 0.6) is 0 Å². The van der Waals surface area contributed by atoms with Crippen molar-refractivity contribution in [1.82, 2.24) is 20.4 Å². The van der Waals surface area contributed by atoms with Crippen molar-refractivity contribution in [2.24, 2.45) is 0 Å². The molecule has 1 aromatic heterocycles. The van der Waals surface area contributed by atoms with Gasteiger partial charge in [-0.2, -0.15) is 4.98 Å². The fraction of sp³-hybridized carbons (Fsp3) is 0.846. The fourth-order valence-corrected chi connectivity index (χ4v) is 2.38. The Bertz CT molecular complexity index is 378. The molecule has 19 heavy (non-hydrogen) atoms. The average Bonchev–Trinajstić information content (AvgIpc) is 3.08. The van der Waals surface area contributed by atoms with Gasteiger partial charge >= 0.3 is 0 Å². The second-order valence-electron chi connectivity index (χ2n) is 4.88. The van der Waals surface area contributed by atoms with Gasteiger partial charge in [0.2, 0.25) is 5.89 Å². The van der Waals surface area contributed by atoms with Crippen LogP contribution >= 0.6 is 0 Å². The van der Waals surface area contributed by atoms with Crippen molar-refractivity contribution in [3.8, 4) is 0 Å². The zero-order valence-electron chi connectivity index (χ0n) is 12.1. The third-order valence-electron chi connectivity index (χ3n) is 3.75. The Labute approximate surface area is 114 Å². The lowest BCUT2D eigenvalue weighted by Gasteiger charge is -2.16. The molecule has 0 bridgehead atoms. The van der Waals surface area contributed by atoms with Gasteiger partial charge < -0.3 is 19.5 Å². The molecule has 1 saturated heterocycles. The Morgan fingerprint density at radius 3 is 2.84 bits per heavy atom. The number of likely N-dealkylation sites (N-methyl/N-ethyl adjacent to an activating group) is 1. The second kappa shape index (κ2) is 6.98. The SMILES string of the molecule is CCN(CC)CCc1noc([C@H]2C[C@H](OC)CN2)n1. The Morgan fingerprint density at radius 1 is 1.42 bits per heavy atom. The molecule has 0 saturated carbocycles. The molecule has 2 rings (SSSR count). The van der Waals surface area contributed by atoms with Gasteiger partial charge in [-0.3, -0.25) is 0 Å². The Morgan fingerprint density at radius 2 is 2.21 bits per heavy atom. The first-order chi connectivity index (χ1) is 9.26. The molecule has 1 aromatic rings. The lowest BCUT2D eigenvalue weighted by Crippen LogP contribution is -2.25. The molecule has 0 unspecified atom stereocenters. The Kier molecular flexibility index (Phi) is 5.30. The van der Waals surface area contributed by atoms with Crippen molar-refractivity contribution < 1.29 is 9.26 Å². The molecule has 1 aliphatic rings. The number of nitrogens with zero attached hydrogens (tertiary/aromatic N) is 3. The third kappa shape index (κ3) is 3.75. The monoisotopic (exact) mass is 268 g/mol. The van der Waals surface area contributed by atoms with E-state index in [9.17, 15) is 0 Å². The van der Waals surface area contributed by atoms with E-state index in [1.807, 2.05) is 0 Å². The summed E-state index contributed by atoms with van der Waals surface area (Å²) in [6, 6.07) is 0.139. The molecule has 0 aromatic carbocycles. The second-order valence-corrected chi connectivity index (χ2v) is 4.88. The summed E-state index contributed by atoms with van der Waals surface area (Å²) >= 11 is 0. The molecule has 1 N–H and O–H groups in total. The summed E-state index contributed by atoms with van der Waals surface area (Å²) in [7, 11) is 1.73. The number of nitrogens with one attached hydrogen (secondary N) is 1. The van der Waals surface area contributed by atoms with Crippen molar-refractivity contribution in [2.45, 2.75) is 38.8 Å². The molecule has 0 amide bonds. The van der Waals surface area contributed by atoms with E-state index in [0.29, 0.717) is 5.89 Å². The predicted molar refractivity (Wildman–Crippen MR) is 71.9 cm³/mol. The molecule has 2 heterocycles. The predicted octanol–water partition coefficient (Wildman–Crippen LogP) is 1.00. The highest BCUT2D eigenvalue weighted by atomic mass is 16.5. The van der Waals surface area contributed by atoms with Crippen LogP contribution in [0.3, 0.4) is 0 Å². The van der Waals surface area contributed by atoms with E-state index in [2.05, 4.69) is 34.2 Å². The normalized spacial score (nSPS) is 23.4. The number of ether oxygens (including phenoxy) is 1. The first-order valence-electron chi connectivity index (χ1n) is 7.07. The van der Waals surface area contributed by atoms with Crippen molar-refractivity contribution in [3.05, 3.63) is 11.7 Å². The number of hydrogen-bond donors (Lipinski definition) is 1. The molecule has 0 aliphatic carbocycles. The molecule has 0 spiro atoms. The van der Waals surface area contributed by atoms with Gasteiger partial charge in [0.15, 0.2) is 5.82 Å². The zero-order valence-corrected chi connectivity index (χ0v) is 12.1. The van der Waals surface area contributed by atoms with Crippen LogP contribution in [0.2, 0.25) is 0 Å². The summed E-state index contributed by atoms with van der Waals surface area (Å²) in [5.41, 5.74) is 0. The quantitative estimate of drug-likeness (QED) is 0.796. The van der Waals surface area contributed by atoms with Gasteiger partial charge in [-0.05, 0) is 19.5 Å². The van der Waals surface area contributed by atoms with Crippen LogP contribution in [0.1, 0.15) is 38.0 Å². The maximum Gasteiger partial charge on any atom is 0.243 e. The van der Waals surface area contributed by atoms with Crippen LogP contribution in [-0.4, -0.2) is 54.4 Å².